The predicted octanol–water partition coefficient (Wildman–Crippen LogP) is 1.17. The summed E-state index contributed by atoms with van der Waals surface area (Å²) in [6.07, 6.45) is 0. The minimum absolute atomic E-state index is 0.199. The van der Waals surface area contributed by atoms with Crippen LogP contribution in [0.5, 0.6) is 5.75 Å². The second kappa shape index (κ2) is 4.42. The first-order chi connectivity index (χ1) is 7.04. The number of halogens is 1. The van der Waals surface area contributed by atoms with Crippen LogP contribution in [0.3, 0.4) is 0 Å². The van der Waals surface area contributed by atoms with Crippen molar-refractivity contribution in [2.75, 3.05) is 0 Å². The van der Waals surface area contributed by atoms with Gasteiger partial charge < -0.3 is 10.4 Å². The number of hydrogen-bond acceptors (Lipinski definition) is 3. The molecular formula is C10H9FN2O2. The molecule has 0 heterocycles. The second-order valence-corrected chi connectivity index (χ2v) is 2.99. The Bertz CT molecular complexity index is 426. The van der Waals surface area contributed by atoms with Crippen molar-refractivity contribution >= 4 is 5.91 Å². The van der Waals surface area contributed by atoms with E-state index in [0.29, 0.717) is 0 Å². The van der Waals surface area contributed by atoms with Crippen molar-refractivity contribution in [1.82, 2.24) is 5.32 Å². The molecule has 15 heavy (non-hydrogen) atoms. The highest BCUT2D eigenvalue weighted by atomic mass is 19.1. The molecule has 0 fully saturated rings. The third-order valence-corrected chi connectivity index (χ3v) is 1.74. The lowest BCUT2D eigenvalue weighted by molar-refractivity contribution is 0.0944. The molecule has 1 rings (SSSR count). The van der Waals surface area contributed by atoms with Crippen LogP contribution >= 0.6 is 0 Å². The molecule has 0 radical (unpaired) electrons. The van der Waals surface area contributed by atoms with E-state index in [1.807, 2.05) is 0 Å². The van der Waals surface area contributed by atoms with Gasteiger partial charge in [-0.3, -0.25) is 4.79 Å². The maximum atomic E-state index is 13.2. The normalized spacial score (nSPS) is 11.5. The molecule has 1 atom stereocenters. The summed E-state index contributed by atoms with van der Waals surface area (Å²) in [6, 6.07) is 4.30. The van der Waals surface area contributed by atoms with Crippen LogP contribution in [0.4, 0.5) is 4.39 Å². The molecule has 2 N–H and O–H groups in total. The summed E-state index contributed by atoms with van der Waals surface area (Å²) in [4.78, 5) is 11.4. The Hall–Kier alpha value is -2.09. The first-order valence-electron chi connectivity index (χ1n) is 4.23. The third-order valence-electron chi connectivity index (χ3n) is 1.74. The van der Waals surface area contributed by atoms with Crippen molar-refractivity contribution in [2.45, 2.75) is 13.0 Å². The molecule has 4 nitrogen and oxygen atoms in total. The number of benzene rings is 1. The summed E-state index contributed by atoms with van der Waals surface area (Å²) in [5, 5.41) is 19.7. The van der Waals surface area contributed by atoms with Crippen LogP contribution in [0, 0.1) is 17.1 Å². The number of phenolic OH excluding ortho intramolecular Hbond substituents is 1. The summed E-state index contributed by atoms with van der Waals surface area (Å²) in [6.45, 7) is 1.48. The van der Waals surface area contributed by atoms with Gasteiger partial charge in [0.2, 0.25) is 0 Å². The minimum atomic E-state index is -0.822. The van der Waals surface area contributed by atoms with Crippen molar-refractivity contribution < 1.29 is 14.3 Å². The zero-order valence-corrected chi connectivity index (χ0v) is 7.99. The molecule has 0 bridgehead atoms. The largest absolute Gasteiger partial charge is 0.508 e. The number of hydrogen-bond donors (Lipinski definition) is 2. The summed E-state index contributed by atoms with van der Waals surface area (Å²) in [5.41, 5.74) is -0.199. The van der Waals surface area contributed by atoms with E-state index in [-0.39, 0.29) is 11.3 Å². The van der Waals surface area contributed by atoms with Gasteiger partial charge in [0, 0.05) is 6.07 Å². The fourth-order valence-corrected chi connectivity index (χ4v) is 0.995. The minimum Gasteiger partial charge on any atom is -0.508 e. The molecule has 0 aliphatic heterocycles. The number of rotatable bonds is 2. The van der Waals surface area contributed by atoms with Crippen molar-refractivity contribution in [3.8, 4) is 11.8 Å². The highest BCUT2D eigenvalue weighted by molar-refractivity contribution is 5.94. The SMILES string of the molecule is CC(C#N)NC(=O)c1ccc(O)cc1F. The number of nitriles is 1. The molecule has 78 valence electrons. The standard InChI is InChI=1S/C10H9FN2O2/c1-6(5-12)13-10(15)8-3-2-7(14)4-9(8)11/h2-4,6,14H,1H3,(H,13,15). The van der Waals surface area contributed by atoms with Crippen LogP contribution in [0.15, 0.2) is 18.2 Å². The van der Waals surface area contributed by atoms with Gasteiger partial charge in [-0.15, -0.1) is 0 Å². The van der Waals surface area contributed by atoms with E-state index in [0.717, 1.165) is 12.1 Å². The molecule has 0 aliphatic carbocycles. The fraction of sp³-hybridized carbons (Fsp3) is 0.200. The summed E-state index contributed by atoms with van der Waals surface area (Å²) in [5.74, 6) is -1.75. The second-order valence-electron chi connectivity index (χ2n) is 2.99. The number of nitrogens with one attached hydrogen (secondary N) is 1. The summed E-state index contributed by atoms with van der Waals surface area (Å²) in [7, 11) is 0. The highest BCUT2D eigenvalue weighted by Gasteiger charge is 2.13. The lowest BCUT2D eigenvalue weighted by atomic mass is 10.2. The first-order valence-corrected chi connectivity index (χ1v) is 4.23. The van der Waals surface area contributed by atoms with Crippen LogP contribution in [0.1, 0.15) is 17.3 Å². The topological polar surface area (TPSA) is 73.1 Å². The van der Waals surface area contributed by atoms with Gasteiger partial charge in [0.05, 0.1) is 11.6 Å². The average Bonchev–Trinajstić information content (AvgIpc) is 2.17. The van der Waals surface area contributed by atoms with Crippen molar-refractivity contribution in [3.05, 3.63) is 29.6 Å². The quantitative estimate of drug-likeness (QED) is 0.766. The number of phenols is 1. The summed E-state index contributed by atoms with van der Waals surface area (Å²) < 4.78 is 13.2. The third kappa shape index (κ3) is 2.68. The smallest absolute Gasteiger partial charge is 0.255 e. The van der Waals surface area contributed by atoms with Crippen molar-refractivity contribution in [2.24, 2.45) is 0 Å². The van der Waals surface area contributed by atoms with Crippen LogP contribution in [-0.4, -0.2) is 17.1 Å². The molecule has 5 heteroatoms. The molecule has 1 aromatic carbocycles. The lowest BCUT2D eigenvalue weighted by Gasteiger charge is -2.07. The van der Waals surface area contributed by atoms with E-state index in [1.165, 1.54) is 13.0 Å². The molecule has 0 aliphatic rings. The van der Waals surface area contributed by atoms with Crippen molar-refractivity contribution in [3.63, 3.8) is 0 Å². The van der Waals surface area contributed by atoms with E-state index in [2.05, 4.69) is 5.32 Å². The Labute approximate surface area is 86.0 Å². The van der Waals surface area contributed by atoms with Gasteiger partial charge in [0.25, 0.3) is 5.91 Å². The van der Waals surface area contributed by atoms with Crippen LogP contribution in [0.2, 0.25) is 0 Å². The maximum Gasteiger partial charge on any atom is 0.255 e. The monoisotopic (exact) mass is 208 g/mol. The average molecular weight is 208 g/mol. The zero-order chi connectivity index (χ0) is 11.4. The van der Waals surface area contributed by atoms with Gasteiger partial charge in [0.15, 0.2) is 0 Å². The van der Waals surface area contributed by atoms with E-state index in [4.69, 9.17) is 10.4 Å². The molecule has 0 aromatic heterocycles. The van der Waals surface area contributed by atoms with Crippen LogP contribution in [0.25, 0.3) is 0 Å². The Balaban J connectivity index is 2.88. The molecule has 0 saturated heterocycles. The first kappa shape index (κ1) is 11.0. The van der Waals surface area contributed by atoms with E-state index in [9.17, 15) is 9.18 Å². The number of aromatic hydroxyl groups is 1. The van der Waals surface area contributed by atoms with Crippen molar-refractivity contribution in [1.29, 1.82) is 5.26 Å². The van der Waals surface area contributed by atoms with Crippen LogP contribution in [-0.2, 0) is 0 Å². The molecule has 0 spiro atoms. The maximum absolute atomic E-state index is 13.2. The Morgan fingerprint density at radius 1 is 1.67 bits per heavy atom. The Morgan fingerprint density at radius 3 is 2.87 bits per heavy atom. The number of amides is 1. The molecule has 0 saturated carbocycles. The molecular weight excluding hydrogens is 199 g/mol. The Kier molecular flexibility index (Phi) is 3.24. The van der Waals surface area contributed by atoms with Gasteiger partial charge in [-0.25, -0.2) is 4.39 Å². The number of carbonyl (C=O) groups is 1. The highest BCUT2D eigenvalue weighted by Crippen LogP contribution is 2.14. The summed E-state index contributed by atoms with van der Waals surface area (Å²) >= 11 is 0. The van der Waals surface area contributed by atoms with Gasteiger partial charge in [-0.2, -0.15) is 5.26 Å². The predicted molar refractivity (Wildman–Crippen MR) is 50.6 cm³/mol. The van der Waals surface area contributed by atoms with Gasteiger partial charge in [0.1, 0.15) is 17.6 Å². The molecule has 1 unspecified atom stereocenters. The Morgan fingerprint density at radius 2 is 2.33 bits per heavy atom. The number of nitrogens with zero attached hydrogens (tertiary/aromatic N) is 1. The lowest BCUT2D eigenvalue weighted by Crippen LogP contribution is -2.31. The van der Waals surface area contributed by atoms with E-state index >= 15 is 0 Å². The van der Waals surface area contributed by atoms with E-state index < -0.39 is 17.8 Å². The van der Waals surface area contributed by atoms with Gasteiger partial charge in [-0.05, 0) is 19.1 Å². The molecule has 1 aromatic rings. The number of carbonyl (C=O) groups excluding carboxylic acids is 1. The van der Waals surface area contributed by atoms with E-state index in [1.54, 1.807) is 6.07 Å². The van der Waals surface area contributed by atoms with Crippen LogP contribution < -0.4 is 5.32 Å². The van der Waals surface area contributed by atoms with Gasteiger partial charge >= 0.3 is 0 Å². The molecule has 1 amide bonds. The zero-order valence-electron chi connectivity index (χ0n) is 7.99. The fourth-order valence-electron chi connectivity index (χ4n) is 0.995. The van der Waals surface area contributed by atoms with Gasteiger partial charge in [-0.1, -0.05) is 0 Å².